The van der Waals surface area contributed by atoms with Crippen LogP contribution in [0.3, 0.4) is 0 Å². The molecule has 2 bridgehead atoms. The zero-order valence-corrected chi connectivity index (χ0v) is 16.9. The molecule has 3 unspecified atom stereocenters. The summed E-state index contributed by atoms with van der Waals surface area (Å²) < 4.78 is 11.4. The molecule has 5 nitrogen and oxygen atoms in total. The number of carbonyl (C=O) groups is 1. The van der Waals surface area contributed by atoms with E-state index in [4.69, 9.17) is 9.47 Å². The number of methoxy groups -OCH3 is 1. The van der Waals surface area contributed by atoms with E-state index in [1.807, 2.05) is 31.7 Å². The van der Waals surface area contributed by atoms with Crippen LogP contribution in [0.25, 0.3) is 0 Å². The molecule has 0 radical (unpaired) electrons. The molecule has 0 saturated carbocycles. The Hall–Kier alpha value is -1.59. The molecular weight excluding hydrogens is 328 g/mol. The molecule has 1 aromatic rings. The maximum absolute atomic E-state index is 12.6. The fraction of sp³-hybridized carbons (Fsp3) is 0.667. The third-order valence-corrected chi connectivity index (χ3v) is 5.60. The Morgan fingerprint density at radius 3 is 2.31 bits per heavy atom. The van der Waals surface area contributed by atoms with Gasteiger partial charge in [0, 0.05) is 31.8 Å². The van der Waals surface area contributed by atoms with Gasteiger partial charge in [-0.05, 0) is 46.6 Å². The normalized spacial score (nSPS) is 26.8. The molecular formula is C21H32N2O3. The molecule has 5 heteroatoms. The highest BCUT2D eigenvalue weighted by molar-refractivity contribution is 5.68. The van der Waals surface area contributed by atoms with Crippen LogP contribution in [0, 0.1) is 0 Å². The highest BCUT2D eigenvalue weighted by Gasteiger charge is 2.53. The Kier molecular flexibility index (Phi) is 5.06. The van der Waals surface area contributed by atoms with Gasteiger partial charge >= 0.3 is 6.09 Å². The molecule has 2 heterocycles. The first-order valence-electron chi connectivity index (χ1n) is 9.48. The third kappa shape index (κ3) is 3.60. The van der Waals surface area contributed by atoms with Gasteiger partial charge in [-0.3, -0.25) is 4.90 Å². The molecule has 1 aromatic carbocycles. The van der Waals surface area contributed by atoms with Crippen molar-refractivity contribution in [3.63, 3.8) is 0 Å². The van der Waals surface area contributed by atoms with Crippen LogP contribution in [0.2, 0.25) is 0 Å². The quantitative estimate of drug-likeness (QED) is 0.825. The van der Waals surface area contributed by atoms with Gasteiger partial charge in [0.25, 0.3) is 0 Å². The minimum absolute atomic E-state index is 0.121. The Balaban J connectivity index is 1.84. The van der Waals surface area contributed by atoms with Crippen LogP contribution in [-0.2, 0) is 15.0 Å². The van der Waals surface area contributed by atoms with Crippen molar-refractivity contribution < 1.29 is 14.3 Å². The number of likely N-dealkylation sites (tertiary alicyclic amines) is 1. The molecule has 2 aliphatic heterocycles. The number of carbonyl (C=O) groups excluding carboxylic acids is 1. The Morgan fingerprint density at radius 2 is 1.73 bits per heavy atom. The van der Waals surface area contributed by atoms with E-state index in [9.17, 15) is 4.79 Å². The van der Waals surface area contributed by atoms with Gasteiger partial charge in [-0.15, -0.1) is 0 Å². The molecule has 1 amide bonds. The first-order valence-corrected chi connectivity index (χ1v) is 9.48. The fourth-order valence-corrected chi connectivity index (χ4v) is 4.51. The van der Waals surface area contributed by atoms with Crippen LogP contribution in [0.15, 0.2) is 30.3 Å². The molecule has 0 N–H and O–H groups in total. The number of fused-ring (bicyclic) bond motifs is 2. The highest BCUT2D eigenvalue weighted by Crippen LogP contribution is 2.42. The largest absolute Gasteiger partial charge is 0.444 e. The standard InChI is InChI=1S/C21H32N2O3/c1-20(2,3)26-19(24)22-13-16-12-18(25-6)17(14-22)23(16)21(4,5)15-10-8-7-9-11-15/h7-11,16-18H,12-14H2,1-6H3. The van der Waals surface area contributed by atoms with Gasteiger partial charge in [0.2, 0.25) is 0 Å². The predicted molar refractivity (Wildman–Crippen MR) is 102 cm³/mol. The van der Waals surface area contributed by atoms with Gasteiger partial charge in [0.1, 0.15) is 5.60 Å². The van der Waals surface area contributed by atoms with Crippen LogP contribution < -0.4 is 0 Å². The van der Waals surface area contributed by atoms with Crippen LogP contribution in [0.5, 0.6) is 0 Å². The third-order valence-electron chi connectivity index (χ3n) is 5.60. The second-order valence-electron chi connectivity index (χ2n) is 8.95. The van der Waals surface area contributed by atoms with Gasteiger partial charge in [-0.1, -0.05) is 30.3 Å². The number of nitrogens with zero attached hydrogens (tertiary/aromatic N) is 2. The number of rotatable bonds is 3. The number of amides is 1. The van der Waals surface area contributed by atoms with E-state index in [0.29, 0.717) is 13.1 Å². The van der Waals surface area contributed by atoms with Crippen LogP contribution in [0.4, 0.5) is 4.79 Å². The molecule has 26 heavy (non-hydrogen) atoms. The zero-order chi connectivity index (χ0) is 19.1. The van der Waals surface area contributed by atoms with Gasteiger partial charge in [-0.25, -0.2) is 4.79 Å². The van der Waals surface area contributed by atoms with E-state index in [2.05, 4.69) is 43.0 Å². The summed E-state index contributed by atoms with van der Waals surface area (Å²) in [5.74, 6) is 0. The smallest absolute Gasteiger partial charge is 0.410 e. The SMILES string of the molecule is COC1CC2CN(C(=O)OC(C)(C)C)CC1N2C(C)(C)c1ccccc1. The fourth-order valence-electron chi connectivity index (χ4n) is 4.51. The summed E-state index contributed by atoms with van der Waals surface area (Å²) in [7, 11) is 1.77. The zero-order valence-electron chi connectivity index (χ0n) is 16.9. The Bertz CT molecular complexity index is 638. The second kappa shape index (κ2) is 6.86. The maximum atomic E-state index is 12.6. The van der Waals surface area contributed by atoms with Gasteiger partial charge < -0.3 is 14.4 Å². The van der Waals surface area contributed by atoms with Gasteiger partial charge in [0.05, 0.1) is 12.1 Å². The summed E-state index contributed by atoms with van der Waals surface area (Å²) in [5.41, 5.74) is 0.693. The summed E-state index contributed by atoms with van der Waals surface area (Å²) >= 11 is 0. The molecule has 2 fully saturated rings. The Morgan fingerprint density at radius 1 is 1.08 bits per heavy atom. The molecule has 2 aliphatic rings. The van der Waals surface area contributed by atoms with E-state index < -0.39 is 5.60 Å². The number of piperazine rings is 1. The summed E-state index contributed by atoms with van der Waals surface area (Å²) in [5, 5.41) is 0. The lowest BCUT2D eigenvalue weighted by Crippen LogP contribution is -2.62. The molecule has 3 atom stereocenters. The van der Waals surface area contributed by atoms with Crippen LogP contribution >= 0.6 is 0 Å². The van der Waals surface area contributed by atoms with E-state index in [-0.39, 0.29) is 29.8 Å². The maximum Gasteiger partial charge on any atom is 0.410 e. The average molecular weight is 360 g/mol. The van der Waals surface area contributed by atoms with Gasteiger partial charge in [-0.2, -0.15) is 0 Å². The molecule has 0 aromatic heterocycles. The number of hydrogen-bond acceptors (Lipinski definition) is 4. The van der Waals surface area contributed by atoms with E-state index in [0.717, 1.165) is 6.42 Å². The van der Waals surface area contributed by atoms with Crippen molar-refractivity contribution in [1.82, 2.24) is 9.80 Å². The molecule has 3 rings (SSSR count). The molecule has 0 spiro atoms. The van der Waals surface area contributed by atoms with E-state index in [1.54, 1.807) is 7.11 Å². The number of ether oxygens (including phenoxy) is 2. The first kappa shape index (κ1) is 19.2. The monoisotopic (exact) mass is 360 g/mol. The Labute approximate surface area is 157 Å². The van der Waals surface area contributed by atoms with E-state index >= 15 is 0 Å². The predicted octanol–water partition coefficient (Wildman–Crippen LogP) is 3.63. The lowest BCUT2D eigenvalue weighted by Gasteiger charge is -2.49. The molecule has 144 valence electrons. The summed E-state index contributed by atoms with van der Waals surface area (Å²) in [4.78, 5) is 17.0. The van der Waals surface area contributed by atoms with Crippen molar-refractivity contribution in [1.29, 1.82) is 0 Å². The van der Waals surface area contributed by atoms with Crippen molar-refractivity contribution in [2.24, 2.45) is 0 Å². The minimum atomic E-state index is -0.475. The molecule has 2 saturated heterocycles. The lowest BCUT2D eigenvalue weighted by molar-refractivity contribution is -0.0440. The van der Waals surface area contributed by atoms with Crippen LogP contribution in [0.1, 0.15) is 46.6 Å². The van der Waals surface area contributed by atoms with Crippen molar-refractivity contribution in [2.45, 2.75) is 70.4 Å². The van der Waals surface area contributed by atoms with Gasteiger partial charge in [0.15, 0.2) is 0 Å². The second-order valence-corrected chi connectivity index (χ2v) is 8.95. The van der Waals surface area contributed by atoms with Crippen molar-refractivity contribution in [3.05, 3.63) is 35.9 Å². The van der Waals surface area contributed by atoms with Crippen molar-refractivity contribution in [3.8, 4) is 0 Å². The van der Waals surface area contributed by atoms with Crippen LogP contribution in [-0.4, -0.2) is 59.9 Å². The van der Waals surface area contributed by atoms with E-state index in [1.165, 1.54) is 5.56 Å². The topological polar surface area (TPSA) is 42.0 Å². The summed E-state index contributed by atoms with van der Waals surface area (Å²) in [6, 6.07) is 11.0. The number of hydrogen-bond donors (Lipinski definition) is 0. The van der Waals surface area contributed by atoms with Crippen molar-refractivity contribution in [2.75, 3.05) is 20.2 Å². The first-order chi connectivity index (χ1) is 12.1. The number of benzene rings is 1. The summed E-state index contributed by atoms with van der Waals surface area (Å²) in [6.07, 6.45) is 0.855. The highest BCUT2D eigenvalue weighted by atomic mass is 16.6. The van der Waals surface area contributed by atoms with Crippen molar-refractivity contribution >= 4 is 6.09 Å². The molecule has 0 aliphatic carbocycles. The minimum Gasteiger partial charge on any atom is -0.444 e. The lowest BCUT2D eigenvalue weighted by atomic mass is 9.89. The summed E-state index contributed by atoms with van der Waals surface area (Å²) in [6.45, 7) is 11.6. The average Bonchev–Trinajstić information content (AvgIpc) is 2.81.